The fourth-order valence-corrected chi connectivity index (χ4v) is 0. The van der Waals surface area contributed by atoms with Gasteiger partial charge in [0, 0.05) is 10.4 Å². The first kappa shape index (κ1) is 42.9. The SMILES string of the molecule is O=P([O-])([O-])O.O=S(=O)([O-])[O-].O=[N+]([O-])[O-].[K+].[K+].[Mg+2].[NH4+]. The molecule has 13 nitrogen and oxygen atoms in total. The van der Waals surface area contributed by atoms with Gasteiger partial charge in [0.05, 0.1) is 12.9 Å². The van der Waals surface area contributed by atoms with Crippen molar-refractivity contribution in [3.05, 3.63) is 15.3 Å². The normalized spacial score (nSPS) is 7.83. The van der Waals surface area contributed by atoms with Gasteiger partial charge in [0.15, 0.2) is 0 Å². The van der Waals surface area contributed by atoms with E-state index >= 15 is 0 Å². The summed E-state index contributed by atoms with van der Waals surface area (Å²) in [5.74, 6) is 0. The monoisotopic (exact) mass is 374 g/mol. The van der Waals surface area contributed by atoms with E-state index in [1.807, 2.05) is 0 Å². The van der Waals surface area contributed by atoms with E-state index in [4.69, 9.17) is 52.1 Å². The van der Waals surface area contributed by atoms with Crippen molar-refractivity contribution in [2.24, 2.45) is 0 Å². The zero-order chi connectivity index (χ0) is 12.6. The van der Waals surface area contributed by atoms with Gasteiger partial charge in [-0.1, -0.05) is 0 Å². The van der Waals surface area contributed by atoms with Crippen molar-refractivity contribution in [3.63, 3.8) is 0 Å². The molecule has 0 aromatic rings. The summed E-state index contributed by atoms with van der Waals surface area (Å²) < 4.78 is 42.7. The van der Waals surface area contributed by atoms with Crippen LogP contribution in [0.3, 0.4) is 0 Å². The second-order valence-corrected chi connectivity index (χ2v) is 2.85. The molecule has 0 heterocycles. The summed E-state index contributed by atoms with van der Waals surface area (Å²) in [6, 6.07) is 0. The maximum absolute atomic E-state index is 8.66. The number of hydrogen-bond donors (Lipinski definition) is 2. The van der Waals surface area contributed by atoms with Crippen LogP contribution in [0.4, 0.5) is 0 Å². The topological polar surface area (TPSA) is 266 Å². The van der Waals surface area contributed by atoms with E-state index in [0.717, 1.165) is 0 Å². The minimum atomic E-state index is -5.17. The Morgan fingerprint density at radius 2 is 1.06 bits per heavy atom. The molecule has 0 saturated heterocycles. The molecule has 18 heteroatoms. The molecule has 5 N–H and O–H groups in total. The van der Waals surface area contributed by atoms with Crippen molar-refractivity contribution in [3.8, 4) is 0 Å². The van der Waals surface area contributed by atoms with E-state index in [1.165, 1.54) is 0 Å². The molecule has 0 aliphatic heterocycles. The first-order valence-corrected chi connectivity index (χ1v) is 4.79. The standard InChI is InChI=1S/2K.Mg.NO3.H3N.H3O4P.H2O4S/c;;;2-1(3)4;;2*1-5(2,3)4/h;;;;1H3;(H3,1,2,3,4);(H2,1,2,3,4)/q2*+1;+2;-1;;;/p-3. The average molecular weight is 375 g/mol. The number of nitrogens with zero attached hydrogens (tertiary/aromatic N) is 1. The van der Waals surface area contributed by atoms with E-state index in [0.29, 0.717) is 0 Å². The maximum atomic E-state index is 8.66. The van der Waals surface area contributed by atoms with E-state index in [-0.39, 0.29) is 132 Å². The van der Waals surface area contributed by atoms with Crippen LogP contribution in [0.1, 0.15) is 0 Å². The summed E-state index contributed by atoms with van der Waals surface area (Å²) >= 11 is 0. The van der Waals surface area contributed by atoms with Crippen molar-refractivity contribution in [2.75, 3.05) is 0 Å². The van der Waals surface area contributed by atoms with Gasteiger partial charge in [0.1, 0.15) is 0 Å². The van der Waals surface area contributed by atoms with Crippen LogP contribution in [-0.4, -0.2) is 50.6 Å². The molecule has 0 aliphatic rings. The summed E-state index contributed by atoms with van der Waals surface area (Å²) in [6.45, 7) is 0. The minimum absolute atomic E-state index is 0. The Bertz CT molecular complexity index is 278. The molecule has 0 bridgehead atoms. The molecule has 0 radical (unpaired) electrons. The molecule has 0 amide bonds. The Labute approximate surface area is 203 Å². The van der Waals surface area contributed by atoms with Crippen molar-refractivity contribution < 1.29 is 145 Å². The molecule has 0 saturated carbocycles. The smallest absolute Gasteiger partial charge is 0.790 e. The largest absolute Gasteiger partial charge is 2.00 e. The van der Waals surface area contributed by atoms with Gasteiger partial charge in [-0.15, -0.1) is 0 Å². The number of phosphoric acid groups is 1. The first-order chi connectivity index (χ1) is 5.73. The zero-order valence-corrected chi connectivity index (χ0v) is 18.9. The summed E-state index contributed by atoms with van der Waals surface area (Å²) in [5, 5.41) is 14.8. The Balaban J connectivity index is -0.0000000183. The molecule has 0 atom stereocenters. The second kappa shape index (κ2) is 22.5. The Morgan fingerprint density at radius 1 is 1.06 bits per heavy atom. The summed E-state index contributed by atoms with van der Waals surface area (Å²) in [7, 11) is -10.3. The van der Waals surface area contributed by atoms with Crippen molar-refractivity contribution in [2.45, 2.75) is 0 Å². The number of hydrogen-bond acceptors (Lipinski definition) is 10. The molecule has 0 unspecified atom stereocenters. The van der Waals surface area contributed by atoms with Gasteiger partial charge < -0.3 is 49.8 Å². The second-order valence-electron chi connectivity index (χ2n) is 1.10. The first-order valence-electron chi connectivity index (χ1n) is 1.96. The molecule has 0 aromatic carbocycles. The minimum Gasteiger partial charge on any atom is -0.790 e. The summed E-state index contributed by atoms with van der Waals surface area (Å²) in [6.07, 6.45) is 0. The van der Waals surface area contributed by atoms with Crippen molar-refractivity contribution in [1.82, 2.24) is 6.15 Å². The quantitative estimate of drug-likeness (QED) is 0.100. The Kier molecular flexibility index (Phi) is 53.5. The van der Waals surface area contributed by atoms with Crippen LogP contribution >= 0.6 is 7.82 Å². The van der Waals surface area contributed by atoms with Gasteiger partial charge in [-0.05, 0) is 0 Å². The zero-order valence-electron chi connectivity index (χ0n) is 9.54. The predicted molar refractivity (Wildman–Crippen MR) is 42.4 cm³/mol. The Morgan fingerprint density at radius 3 is 1.06 bits per heavy atom. The molecule has 96 valence electrons. The molecular weight excluding hydrogens is 370 g/mol. The molecule has 0 aromatic heterocycles. The fraction of sp³-hybridized carbons (Fsp3) is 0. The van der Waals surface area contributed by atoms with E-state index in [2.05, 4.69) is 0 Å². The fourth-order valence-electron chi connectivity index (χ4n) is 0. The van der Waals surface area contributed by atoms with E-state index < -0.39 is 23.3 Å². The average Bonchev–Trinajstić information content (AvgIpc) is 1.45. The molecular formula is H5K2MgN2O11PS. The van der Waals surface area contributed by atoms with Gasteiger partial charge in [-0.2, -0.15) is 0 Å². The number of rotatable bonds is 0. The van der Waals surface area contributed by atoms with E-state index in [1.54, 1.807) is 0 Å². The third kappa shape index (κ3) is 627. The van der Waals surface area contributed by atoms with Crippen LogP contribution in [0, 0.1) is 15.3 Å². The summed E-state index contributed by atoms with van der Waals surface area (Å²) in [5.41, 5.74) is 0. The molecule has 18 heavy (non-hydrogen) atoms. The van der Waals surface area contributed by atoms with Gasteiger partial charge in [0.2, 0.25) is 0 Å². The van der Waals surface area contributed by atoms with Crippen molar-refractivity contribution in [1.29, 1.82) is 0 Å². The molecule has 0 rings (SSSR count). The Hall–Kier alpha value is 3.18. The van der Waals surface area contributed by atoms with Crippen LogP contribution in [0.5, 0.6) is 0 Å². The van der Waals surface area contributed by atoms with Gasteiger partial charge in [0.25, 0.3) is 0 Å². The molecule has 0 aliphatic carbocycles. The third-order valence-corrected chi connectivity index (χ3v) is 0. The van der Waals surface area contributed by atoms with Crippen molar-refractivity contribution >= 4 is 41.3 Å². The van der Waals surface area contributed by atoms with Crippen LogP contribution in [0.2, 0.25) is 0 Å². The molecule has 0 spiro atoms. The van der Waals surface area contributed by atoms with E-state index in [9.17, 15) is 0 Å². The molecule has 0 fully saturated rings. The van der Waals surface area contributed by atoms with Crippen LogP contribution in [-0.2, 0) is 15.0 Å². The van der Waals surface area contributed by atoms with Crippen LogP contribution in [0.15, 0.2) is 0 Å². The summed E-state index contributed by atoms with van der Waals surface area (Å²) in [4.78, 5) is 32.5. The predicted octanol–water partition coefficient (Wildman–Crippen LogP) is -9.77. The van der Waals surface area contributed by atoms with Gasteiger partial charge in [-0.3, -0.25) is 8.42 Å². The number of quaternary nitrogens is 1. The third-order valence-electron chi connectivity index (χ3n) is 0. The van der Waals surface area contributed by atoms with Gasteiger partial charge >= 0.3 is 126 Å². The maximum Gasteiger partial charge on any atom is 2.00 e. The van der Waals surface area contributed by atoms with Gasteiger partial charge in [-0.25, -0.2) is 0 Å². The van der Waals surface area contributed by atoms with Crippen LogP contribution in [0.25, 0.3) is 0 Å². The van der Waals surface area contributed by atoms with Crippen LogP contribution < -0.4 is 119 Å².